The summed E-state index contributed by atoms with van der Waals surface area (Å²) in [5.74, 6) is 1.33. The van der Waals surface area contributed by atoms with Gasteiger partial charge in [-0.25, -0.2) is 4.79 Å². The fraction of sp³-hybridized carbons (Fsp3) is 0.550. The lowest BCUT2D eigenvalue weighted by atomic mass is 10.0. The van der Waals surface area contributed by atoms with E-state index in [0.29, 0.717) is 62.2 Å². The smallest absolute Gasteiger partial charge is 0.409 e. The number of hydrogen-bond acceptors (Lipinski definition) is 8. The summed E-state index contributed by atoms with van der Waals surface area (Å²) in [4.78, 5) is 33.4. The van der Waals surface area contributed by atoms with E-state index < -0.39 is 6.10 Å². The van der Waals surface area contributed by atoms with E-state index in [2.05, 4.69) is 5.16 Å². The van der Waals surface area contributed by atoms with E-state index in [1.165, 1.54) is 21.3 Å². The summed E-state index contributed by atoms with van der Waals surface area (Å²) in [6, 6.07) is 3.54. The van der Waals surface area contributed by atoms with Crippen molar-refractivity contribution in [2.24, 2.45) is 5.16 Å². The summed E-state index contributed by atoms with van der Waals surface area (Å²) in [5, 5.41) is 4.11. The first-order valence-corrected chi connectivity index (χ1v) is 9.75. The number of amides is 2. The average molecular weight is 421 g/mol. The Morgan fingerprint density at radius 3 is 2.17 bits per heavy atom. The molecule has 1 saturated heterocycles. The van der Waals surface area contributed by atoms with Gasteiger partial charge in [-0.3, -0.25) is 4.79 Å². The molecule has 10 heteroatoms. The highest BCUT2D eigenvalue weighted by atomic mass is 16.6. The number of piperazine rings is 1. The van der Waals surface area contributed by atoms with Gasteiger partial charge in [0.15, 0.2) is 11.5 Å². The maximum absolute atomic E-state index is 12.8. The zero-order valence-electron chi connectivity index (χ0n) is 17.7. The Hall–Kier alpha value is -3.17. The van der Waals surface area contributed by atoms with Crippen LogP contribution in [0.15, 0.2) is 17.3 Å². The van der Waals surface area contributed by atoms with Gasteiger partial charge in [-0.05, 0) is 19.1 Å². The Kier molecular flexibility index (Phi) is 6.86. The van der Waals surface area contributed by atoms with Crippen LogP contribution >= 0.6 is 0 Å². The molecule has 0 saturated carbocycles. The van der Waals surface area contributed by atoms with E-state index in [0.717, 1.165) is 5.56 Å². The van der Waals surface area contributed by atoms with Crippen LogP contribution in [-0.2, 0) is 14.4 Å². The third kappa shape index (κ3) is 4.37. The van der Waals surface area contributed by atoms with Crippen LogP contribution in [0.25, 0.3) is 0 Å². The SMILES string of the molecule is CCOC(=O)N1CCN(C(=O)[C@@H]2CC(c3cc(OC)c(OC)c(OC)c3)=NO2)CC1. The maximum atomic E-state index is 12.8. The predicted molar refractivity (Wildman–Crippen MR) is 107 cm³/mol. The third-order valence-electron chi connectivity index (χ3n) is 5.06. The lowest BCUT2D eigenvalue weighted by Crippen LogP contribution is -2.53. The van der Waals surface area contributed by atoms with Crippen LogP contribution in [-0.4, -0.2) is 87.7 Å². The summed E-state index contributed by atoms with van der Waals surface area (Å²) >= 11 is 0. The zero-order chi connectivity index (χ0) is 21.7. The maximum Gasteiger partial charge on any atom is 0.409 e. The van der Waals surface area contributed by atoms with Gasteiger partial charge in [-0.1, -0.05) is 5.16 Å². The average Bonchev–Trinajstić information content (AvgIpc) is 3.28. The van der Waals surface area contributed by atoms with Gasteiger partial charge in [0.2, 0.25) is 11.9 Å². The number of carbonyl (C=O) groups excluding carboxylic acids is 2. The summed E-state index contributed by atoms with van der Waals surface area (Å²) in [6.07, 6.45) is -0.724. The quantitative estimate of drug-likeness (QED) is 0.686. The monoisotopic (exact) mass is 421 g/mol. The second-order valence-electron chi connectivity index (χ2n) is 6.76. The van der Waals surface area contributed by atoms with Gasteiger partial charge in [0.25, 0.3) is 5.91 Å². The molecule has 0 N–H and O–H groups in total. The molecule has 0 unspecified atom stereocenters. The molecule has 164 valence electrons. The standard InChI is InChI=1S/C20H27N3O7/c1-5-29-20(25)23-8-6-22(7-9-23)19(24)17-12-14(21-30-17)13-10-15(26-2)18(28-4)16(11-13)27-3/h10-11,17H,5-9,12H2,1-4H3/t17-/m0/s1. The van der Waals surface area contributed by atoms with Crippen molar-refractivity contribution in [3.05, 3.63) is 17.7 Å². The lowest BCUT2D eigenvalue weighted by molar-refractivity contribution is -0.143. The molecular weight excluding hydrogens is 394 g/mol. The van der Waals surface area contributed by atoms with Gasteiger partial charge >= 0.3 is 6.09 Å². The first-order valence-electron chi connectivity index (χ1n) is 9.75. The Balaban J connectivity index is 1.63. The van der Waals surface area contributed by atoms with Crippen LogP contribution < -0.4 is 14.2 Å². The van der Waals surface area contributed by atoms with Crippen molar-refractivity contribution in [3.63, 3.8) is 0 Å². The fourth-order valence-electron chi connectivity index (χ4n) is 3.46. The van der Waals surface area contributed by atoms with Crippen molar-refractivity contribution in [2.45, 2.75) is 19.4 Å². The van der Waals surface area contributed by atoms with E-state index in [1.54, 1.807) is 28.9 Å². The molecule has 0 radical (unpaired) electrons. The summed E-state index contributed by atoms with van der Waals surface area (Å²) in [6.45, 7) is 3.81. The molecule has 30 heavy (non-hydrogen) atoms. The molecule has 2 aliphatic heterocycles. The fourth-order valence-corrected chi connectivity index (χ4v) is 3.46. The van der Waals surface area contributed by atoms with E-state index in [9.17, 15) is 9.59 Å². The van der Waals surface area contributed by atoms with Gasteiger partial charge < -0.3 is 33.6 Å². The van der Waals surface area contributed by atoms with Gasteiger partial charge in [0.1, 0.15) is 0 Å². The van der Waals surface area contributed by atoms with Crippen LogP contribution in [0.3, 0.4) is 0 Å². The minimum atomic E-state index is -0.701. The largest absolute Gasteiger partial charge is 0.493 e. The van der Waals surface area contributed by atoms with Gasteiger partial charge in [-0.15, -0.1) is 0 Å². The van der Waals surface area contributed by atoms with E-state index in [4.69, 9.17) is 23.8 Å². The minimum absolute atomic E-state index is 0.148. The van der Waals surface area contributed by atoms with Crippen LogP contribution in [0, 0.1) is 0 Å². The van der Waals surface area contributed by atoms with Crippen molar-refractivity contribution in [2.75, 3.05) is 54.1 Å². The number of benzene rings is 1. The second kappa shape index (κ2) is 9.55. The molecule has 1 atom stereocenters. The first-order chi connectivity index (χ1) is 14.5. The topological polar surface area (TPSA) is 99.1 Å². The van der Waals surface area contributed by atoms with Crippen molar-refractivity contribution in [1.29, 1.82) is 0 Å². The van der Waals surface area contributed by atoms with Crippen molar-refractivity contribution in [1.82, 2.24) is 9.80 Å². The van der Waals surface area contributed by atoms with E-state index in [1.807, 2.05) is 0 Å². The molecule has 0 aromatic heterocycles. The summed E-state index contributed by atoms with van der Waals surface area (Å²) < 4.78 is 21.1. The Labute approximate surface area is 175 Å². The minimum Gasteiger partial charge on any atom is -0.493 e. The molecule has 1 aromatic carbocycles. The van der Waals surface area contributed by atoms with E-state index in [-0.39, 0.29) is 12.0 Å². The van der Waals surface area contributed by atoms with E-state index >= 15 is 0 Å². The van der Waals surface area contributed by atoms with Crippen molar-refractivity contribution < 1.29 is 33.4 Å². The summed E-state index contributed by atoms with van der Waals surface area (Å²) in [5.41, 5.74) is 1.35. The summed E-state index contributed by atoms with van der Waals surface area (Å²) in [7, 11) is 4.61. The highest BCUT2D eigenvalue weighted by Crippen LogP contribution is 2.39. The molecule has 0 bridgehead atoms. The first kappa shape index (κ1) is 21.5. The van der Waals surface area contributed by atoms with Gasteiger partial charge in [-0.2, -0.15) is 0 Å². The second-order valence-corrected chi connectivity index (χ2v) is 6.76. The van der Waals surface area contributed by atoms with Crippen LogP contribution in [0.1, 0.15) is 18.9 Å². The van der Waals surface area contributed by atoms with Crippen LogP contribution in [0.4, 0.5) is 4.79 Å². The van der Waals surface area contributed by atoms with Gasteiger partial charge in [0.05, 0.1) is 33.6 Å². The Bertz CT molecular complexity index is 794. The number of ether oxygens (including phenoxy) is 4. The molecular formula is C20H27N3O7. The number of carbonyl (C=O) groups is 2. The Morgan fingerprint density at radius 2 is 1.63 bits per heavy atom. The molecule has 2 aliphatic rings. The predicted octanol–water partition coefficient (Wildman–Crippen LogP) is 1.51. The number of methoxy groups -OCH3 is 3. The van der Waals surface area contributed by atoms with Crippen LogP contribution in [0.2, 0.25) is 0 Å². The lowest BCUT2D eigenvalue weighted by Gasteiger charge is -2.34. The van der Waals surface area contributed by atoms with Crippen molar-refractivity contribution >= 4 is 17.7 Å². The number of hydrogen-bond donors (Lipinski definition) is 0. The molecule has 0 spiro atoms. The number of oxime groups is 1. The molecule has 1 aromatic rings. The Morgan fingerprint density at radius 1 is 1.03 bits per heavy atom. The zero-order valence-corrected chi connectivity index (χ0v) is 17.7. The normalized spacial score (nSPS) is 18.4. The number of rotatable bonds is 6. The van der Waals surface area contributed by atoms with Crippen molar-refractivity contribution in [3.8, 4) is 17.2 Å². The molecule has 2 heterocycles. The highest BCUT2D eigenvalue weighted by molar-refractivity contribution is 6.05. The highest BCUT2D eigenvalue weighted by Gasteiger charge is 2.35. The number of nitrogens with zero attached hydrogens (tertiary/aromatic N) is 3. The molecule has 10 nitrogen and oxygen atoms in total. The molecule has 1 fully saturated rings. The molecule has 0 aliphatic carbocycles. The van der Waals surface area contributed by atoms with Crippen LogP contribution in [0.5, 0.6) is 17.2 Å². The third-order valence-corrected chi connectivity index (χ3v) is 5.06. The van der Waals surface area contributed by atoms with Gasteiger partial charge in [0, 0.05) is 38.2 Å². The molecule has 3 rings (SSSR count). The molecule has 2 amide bonds.